The number of aromatic amines is 1. The second-order valence-corrected chi connectivity index (χ2v) is 6.29. The van der Waals surface area contributed by atoms with E-state index in [2.05, 4.69) is 32.6 Å². The van der Waals surface area contributed by atoms with Crippen LogP contribution in [-0.2, 0) is 0 Å². The number of aromatic nitrogens is 4. The molecule has 7 nitrogen and oxygen atoms in total. The van der Waals surface area contributed by atoms with Gasteiger partial charge in [0.25, 0.3) is 0 Å². The smallest absolute Gasteiger partial charge is 0.364 e. The minimum absolute atomic E-state index is 0.300. The van der Waals surface area contributed by atoms with Crippen molar-refractivity contribution >= 4 is 11.5 Å². The van der Waals surface area contributed by atoms with Crippen LogP contribution in [0.4, 0.5) is 5.82 Å². The predicted octanol–water partition coefficient (Wildman–Crippen LogP) is 0.702. The first kappa shape index (κ1) is 12.8. The van der Waals surface area contributed by atoms with Gasteiger partial charge in [0, 0.05) is 18.6 Å². The number of anilines is 1. The van der Waals surface area contributed by atoms with Gasteiger partial charge in [0.05, 0.1) is 0 Å². The molecular weight excluding hydrogens is 268 g/mol. The number of nitrogens with zero attached hydrogens (tertiary/aromatic N) is 4. The molecule has 7 heteroatoms. The first-order chi connectivity index (χ1) is 10.2. The van der Waals surface area contributed by atoms with E-state index in [1.807, 2.05) is 6.07 Å². The summed E-state index contributed by atoms with van der Waals surface area (Å²) in [6.07, 6.45) is 5.19. The van der Waals surface area contributed by atoms with Crippen LogP contribution in [0.3, 0.4) is 0 Å². The van der Waals surface area contributed by atoms with E-state index in [1.54, 1.807) is 6.07 Å². The Morgan fingerprint density at radius 1 is 1.33 bits per heavy atom. The quantitative estimate of drug-likeness (QED) is 0.869. The van der Waals surface area contributed by atoms with Crippen LogP contribution >= 0.6 is 0 Å². The standard InChI is InChI=1S/C14H20N6O/c1-19-10-2-3-11(19)7-9(6-10)8-15-12-4-5-13-16-17-14(21)20(13)18-12/h4-5,9-11H,2-3,6-8H2,1H3,(H,15,18)(H,17,21). The lowest BCUT2D eigenvalue weighted by molar-refractivity contribution is 0.139. The summed E-state index contributed by atoms with van der Waals surface area (Å²) < 4.78 is 1.29. The molecule has 0 amide bonds. The number of piperidine rings is 1. The molecule has 2 aromatic heterocycles. The van der Waals surface area contributed by atoms with Crippen LogP contribution in [0.1, 0.15) is 25.7 Å². The first-order valence-electron chi connectivity index (χ1n) is 7.61. The molecule has 4 heterocycles. The maximum absolute atomic E-state index is 11.5. The third kappa shape index (κ3) is 2.21. The summed E-state index contributed by atoms with van der Waals surface area (Å²) in [5.41, 5.74) is 0.244. The van der Waals surface area contributed by atoms with Crippen LogP contribution in [0.2, 0.25) is 0 Å². The Kier molecular flexibility index (Phi) is 2.95. The van der Waals surface area contributed by atoms with Crippen molar-refractivity contribution in [3.63, 3.8) is 0 Å². The number of H-pyrrole nitrogens is 1. The molecule has 112 valence electrons. The monoisotopic (exact) mass is 288 g/mol. The van der Waals surface area contributed by atoms with Gasteiger partial charge in [0.2, 0.25) is 0 Å². The van der Waals surface area contributed by atoms with Gasteiger partial charge in [-0.15, -0.1) is 5.10 Å². The summed E-state index contributed by atoms with van der Waals surface area (Å²) in [5, 5.41) is 13.9. The molecule has 2 saturated heterocycles. The Morgan fingerprint density at radius 3 is 2.86 bits per heavy atom. The van der Waals surface area contributed by atoms with Crippen LogP contribution < -0.4 is 11.0 Å². The fourth-order valence-electron chi connectivity index (χ4n) is 3.84. The second kappa shape index (κ2) is 4.84. The van der Waals surface area contributed by atoms with E-state index in [4.69, 9.17) is 0 Å². The average molecular weight is 288 g/mol. The fraction of sp³-hybridized carbons (Fsp3) is 0.643. The second-order valence-electron chi connectivity index (χ2n) is 6.29. The zero-order valence-electron chi connectivity index (χ0n) is 12.1. The molecule has 2 unspecified atom stereocenters. The van der Waals surface area contributed by atoms with Gasteiger partial charge < -0.3 is 10.2 Å². The molecule has 21 heavy (non-hydrogen) atoms. The summed E-state index contributed by atoms with van der Waals surface area (Å²) >= 11 is 0. The molecule has 2 aliphatic rings. The SMILES string of the molecule is CN1C2CCC1CC(CNc1ccc3n[nH]c(=O)n3n1)C2. The Bertz CT molecular complexity index is 693. The first-order valence-corrected chi connectivity index (χ1v) is 7.61. The van der Waals surface area contributed by atoms with Crippen molar-refractivity contribution < 1.29 is 0 Å². The number of hydrogen-bond donors (Lipinski definition) is 2. The van der Waals surface area contributed by atoms with Crippen molar-refractivity contribution in [2.24, 2.45) is 5.92 Å². The van der Waals surface area contributed by atoms with Crippen molar-refractivity contribution in [2.45, 2.75) is 37.8 Å². The van der Waals surface area contributed by atoms with Gasteiger partial charge in [-0.3, -0.25) is 0 Å². The molecule has 2 aromatic rings. The molecule has 0 aromatic carbocycles. The van der Waals surface area contributed by atoms with Crippen LogP contribution in [0.25, 0.3) is 5.65 Å². The van der Waals surface area contributed by atoms with Crippen molar-refractivity contribution in [1.82, 2.24) is 24.7 Å². The maximum Gasteiger partial charge on any atom is 0.364 e. The zero-order chi connectivity index (χ0) is 14.4. The highest BCUT2D eigenvalue weighted by atomic mass is 16.2. The number of rotatable bonds is 3. The van der Waals surface area contributed by atoms with Gasteiger partial charge in [-0.1, -0.05) is 0 Å². The van der Waals surface area contributed by atoms with Crippen molar-refractivity contribution in [3.05, 3.63) is 22.6 Å². The van der Waals surface area contributed by atoms with E-state index in [1.165, 1.54) is 30.2 Å². The van der Waals surface area contributed by atoms with Crippen LogP contribution in [0.5, 0.6) is 0 Å². The lowest BCUT2D eigenvalue weighted by Crippen LogP contribution is -2.41. The van der Waals surface area contributed by atoms with E-state index in [9.17, 15) is 4.79 Å². The third-order valence-corrected chi connectivity index (χ3v) is 5.04. The lowest BCUT2D eigenvalue weighted by atomic mass is 9.91. The van der Waals surface area contributed by atoms with Crippen LogP contribution in [-0.4, -0.2) is 50.4 Å². The topological polar surface area (TPSA) is 78.3 Å². The van der Waals surface area contributed by atoms with Gasteiger partial charge in [0.1, 0.15) is 5.82 Å². The summed E-state index contributed by atoms with van der Waals surface area (Å²) in [6.45, 7) is 0.923. The van der Waals surface area contributed by atoms with Gasteiger partial charge in [-0.25, -0.2) is 9.89 Å². The van der Waals surface area contributed by atoms with E-state index in [0.717, 1.165) is 24.4 Å². The normalized spacial score (nSPS) is 29.1. The van der Waals surface area contributed by atoms with Gasteiger partial charge >= 0.3 is 5.69 Å². The zero-order valence-corrected chi connectivity index (χ0v) is 12.1. The largest absolute Gasteiger partial charge is 0.368 e. The van der Waals surface area contributed by atoms with Gasteiger partial charge in [0.15, 0.2) is 5.65 Å². The molecular formula is C14H20N6O. The minimum Gasteiger partial charge on any atom is -0.368 e. The number of hydrogen-bond acceptors (Lipinski definition) is 5. The van der Waals surface area contributed by atoms with E-state index >= 15 is 0 Å². The third-order valence-electron chi connectivity index (χ3n) is 5.04. The highest BCUT2D eigenvalue weighted by molar-refractivity contribution is 5.42. The highest BCUT2D eigenvalue weighted by Crippen LogP contribution is 2.37. The molecule has 2 N–H and O–H groups in total. The molecule has 2 bridgehead atoms. The van der Waals surface area contributed by atoms with E-state index < -0.39 is 0 Å². The summed E-state index contributed by atoms with van der Waals surface area (Å²) in [7, 11) is 2.26. The summed E-state index contributed by atoms with van der Waals surface area (Å²) in [6, 6.07) is 5.18. The van der Waals surface area contributed by atoms with Crippen LogP contribution in [0.15, 0.2) is 16.9 Å². The Hall–Kier alpha value is -1.89. The summed E-state index contributed by atoms with van der Waals surface area (Å²) in [4.78, 5) is 14.1. The van der Waals surface area contributed by atoms with Crippen LogP contribution in [0, 0.1) is 5.92 Å². The molecule has 0 radical (unpaired) electrons. The number of nitrogens with one attached hydrogen (secondary N) is 2. The van der Waals surface area contributed by atoms with E-state index in [-0.39, 0.29) is 5.69 Å². The highest BCUT2D eigenvalue weighted by Gasteiger charge is 2.38. The molecule has 0 aliphatic carbocycles. The Labute approximate surface area is 122 Å². The Morgan fingerprint density at radius 2 is 2.10 bits per heavy atom. The van der Waals surface area contributed by atoms with Crippen molar-refractivity contribution in [2.75, 3.05) is 18.9 Å². The predicted molar refractivity (Wildman–Crippen MR) is 79.4 cm³/mol. The average Bonchev–Trinajstić information content (AvgIpc) is 2.94. The number of fused-ring (bicyclic) bond motifs is 3. The summed E-state index contributed by atoms with van der Waals surface area (Å²) in [5.74, 6) is 1.43. The molecule has 0 spiro atoms. The minimum atomic E-state index is -0.300. The molecule has 2 fully saturated rings. The Balaban J connectivity index is 1.44. The molecule has 2 aliphatic heterocycles. The lowest BCUT2D eigenvalue weighted by Gasteiger charge is -2.36. The van der Waals surface area contributed by atoms with Crippen molar-refractivity contribution in [3.8, 4) is 0 Å². The maximum atomic E-state index is 11.5. The fourth-order valence-corrected chi connectivity index (χ4v) is 3.84. The molecule has 4 rings (SSSR count). The van der Waals surface area contributed by atoms with E-state index in [0.29, 0.717) is 11.6 Å². The van der Waals surface area contributed by atoms with Gasteiger partial charge in [-0.05, 0) is 50.8 Å². The van der Waals surface area contributed by atoms with Gasteiger partial charge in [-0.2, -0.15) is 9.61 Å². The molecule has 0 saturated carbocycles. The van der Waals surface area contributed by atoms with Crippen molar-refractivity contribution in [1.29, 1.82) is 0 Å². The molecule has 2 atom stereocenters.